The fraction of sp³-hybridized carbons (Fsp3) is 0.222. The first kappa shape index (κ1) is 17.8. The Morgan fingerprint density at radius 2 is 1.65 bits per heavy atom. The number of halogens is 1. The number of ketones is 1. The zero-order chi connectivity index (χ0) is 15.5. The largest absolute Gasteiger partial charge is 0.340 e. The highest BCUT2D eigenvalue weighted by Crippen LogP contribution is 2.42. The molecule has 2 atom stereocenters. The zero-order valence-corrected chi connectivity index (χ0v) is 15.3. The van der Waals surface area contributed by atoms with Crippen molar-refractivity contribution in [3.63, 3.8) is 0 Å². The number of carbonyl (C=O) groups excluding carboxylic acids is 1. The van der Waals surface area contributed by atoms with Gasteiger partial charge in [0, 0.05) is 11.6 Å². The van der Waals surface area contributed by atoms with Crippen LogP contribution in [0.15, 0.2) is 60.7 Å². The van der Waals surface area contributed by atoms with E-state index in [1.54, 1.807) is 0 Å². The lowest BCUT2D eigenvalue weighted by atomic mass is 10.0. The van der Waals surface area contributed by atoms with Crippen molar-refractivity contribution >= 4 is 39.7 Å². The number of hydrogen-bond donors (Lipinski definition) is 1. The monoisotopic (exact) mass is 390 g/mol. The van der Waals surface area contributed by atoms with Gasteiger partial charge in [-0.15, -0.1) is 17.0 Å². The maximum atomic E-state index is 12.4. The average Bonchev–Trinajstić information content (AvgIpc) is 2.84. The molecule has 3 nitrogen and oxygen atoms in total. The van der Waals surface area contributed by atoms with Crippen molar-refractivity contribution in [1.82, 2.24) is 4.90 Å². The van der Waals surface area contributed by atoms with Crippen LogP contribution in [0.2, 0.25) is 0 Å². The molecule has 120 valence electrons. The minimum absolute atomic E-state index is 0. The first-order valence-corrected chi connectivity index (χ1v) is 8.20. The molecule has 1 saturated heterocycles. The van der Waals surface area contributed by atoms with Crippen LogP contribution >= 0.6 is 28.7 Å². The number of nitrogens with one attached hydrogen (secondary N) is 1. The summed E-state index contributed by atoms with van der Waals surface area (Å²) in [6.07, 6.45) is 0. The second-order valence-electron chi connectivity index (χ2n) is 5.41. The van der Waals surface area contributed by atoms with Gasteiger partial charge in [0.15, 0.2) is 11.0 Å². The lowest BCUT2D eigenvalue weighted by Crippen LogP contribution is -2.36. The highest BCUT2D eigenvalue weighted by atomic mass is 79.9. The van der Waals surface area contributed by atoms with Gasteiger partial charge in [0.1, 0.15) is 0 Å². The van der Waals surface area contributed by atoms with Crippen molar-refractivity contribution in [3.05, 3.63) is 71.8 Å². The molecule has 2 aromatic carbocycles. The van der Waals surface area contributed by atoms with Gasteiger partial charge in [-0.1, -0.05) is 72.4 Å². The third kappa shape index (κ3) is 3.85. The van der Waals surface area contributed by atoms with Gasteiger partial charge in [0.25, 0.3) is 0 Å². The second-order valence-corrected chi connectivity index (χ2v) is 6.54. The number of rotatable bonds is 4. The van der Waals surface area contributed by atoms with Gasteiger partial charge >= 0.3 is 0 Å². The van der Waals surface area contributed by atoms with E-state index in [4.69, 9.17) is 5.41 Å². The van der Waals surface area contributed by atoms with Crippen molar-refractivity contribution in [2.45, 2.75) is 18.2 Å². The lowest BCUT2D eigenvalue weighted by Gasteiger charge is -2.24. The quantitative estimate of drug-likeness (QED) is 0.778. The highest BCUT2D eigenvalue weighted by molar-refractivity contribution is 8.93. The Kier molecular flexibility index (Phi) is 6.02. The molecular formula is C18H19BrN2OS. The van der Waals surface area contributed by atoms with Gasteiger partial charge in [0.2, 0.25) is 0 Å². The zero-order valence-electron chi connectivity index (χ0n) is 12.8. The van der Waals surface area contributed by atoms with Crippen molar-refractivity contribution < 1.29 is 4.79 Å². The summed E-state index contributed by atoms with van der Waals surface area (Å²) in [5.74, 6) is 0.0616. The van der Waals surface area contributed by atoms with Crippen LogP contribution in [0, 0.1) is 5.41 Å². The Hall–Kier alpha value is -1.59. The van der Waals surface area contributed by atoms with E-state index in [2.05, 4.69) is 19.1 Å². The summed E-state index contributed by atoms with van der Waals surface area (Å²) in [6.45, 7) is 2.35. The smallest absolute Gasteiger partial charge is 0.182 e. The van der Waals surface area contributed by atoms with Gasteiger partial charge in [-0.05, 0) is 12.5 Å². The second kappa shape index (κ2) is 7.79. The van der Waals surface area contributed by atoms with E-state index in [0.717, 1.165) is 0 Å². The molecule has 0 spiro atoms. The van der Waals surface area contributed by atoms with Gasteiger partial charge < -0.3 is 4.90 Å². The molecule has 0 aliphatic carbocycles. The maximum absolute atomic E-state index is 12.4. The van der Waals surface area contributed by atoms with Gasteiger partial charge in [0.05, 0.1) is 11.8 Å². The summed E-state index contributed by atoms with van der Waals surface area (Å²) in [5, 5.41) is 8.89. The number of amidine groups is 1. The standard InChI is InChI=1S/C18H18N2OS.BrH/c1-13-17(15-10-6-3-7-11-15)22-18(19)20(13)12-16(21)14-8-4-2-5-9-14;/h2-11,13,17,19H,12H2,1H3;1H. The van der Waals surface area contributed by atoms with Crippen molar-refractivity contribution in [1.29, 1.82) is 5.41 Å². The Bertz CT molecular complexity index is 678. The van der Waals surface area contributed by atoms with E-state index < -0.39 is 0 Å². The van der Waals surface area contributed by atoms with E-state index in [1.165, 1.54) is 17.3 Å². The van der Waals surface area contributed by atoms with Crippen molar-refractivity contribution in [2.24, 2.45) is 0 Å². The van der Waals surface area contributed by atoms with Gasteiger partial charge in [-0.3, -0.25) is 10.2 Å². The Morgan fingerprint density at radius 3 is 2.26 bits per heavy atom. The maximum Gasteiger partial charge on any atom is 0.182 e. The number of nitrogens with zero attached hydrogens (tertiary/aromatic N) is 1. The molecule has 0 amide bonds. The first-order chi connectivity index (χ1) is 10.7. The number of thioether (sulfide) groups is 1. The van der Waals surface area contributed by atoms with Crippen LogP contribution in [0.1, 0.15) is 28.1 Å². The molecule has 1 fully saturated rings. The molecule has 0 aromatic heterocycles. The molecular weight excluding hydrogens is 372 g/mol. The SMILES string of the molecule is Br.CC1C(c2ccccc2)SC(=N)N1CC(=O)c1ccccc1. The fourth-order valence-corrected chi connectivity index (χ4v) is 3.95. The van der Waals surface area contributed by atoms with Crippen LogP contribution in [0.3, 0.4) is 0 Å². The predicted molar refractivity (Wildman–Crippen MR) is 102 cm³/mol. The summed E-state index contributed by atoms with van der Waals surface area (Å²) in [4.78, 5) is 14.3. The fourth-order valence-electron chi connectivity index (χ4n) is 2.71. The topological polar surface area (TPSA) is 44.2 Å². The summed E-state index contributed by atoms with van der Waals surface area (Å²) in [6, 6.07) is 19.6. The molecule has 3 rings (SSSR count). The summed E-state index contributed by atoms with van der Waals surface area (Å²) < 4.78 is 0. The lowest BCUT2D eigenvalue weighted by molar-refractivity contribution is 0.0953. The predicted octanol–water partition coefficient (Wildman–Crippen LogP) is 4.56. The van der Waals surface area contributed by atoms with Gasteiger partial charge in [-0.2, -0.15) is 0 Å². The molecule has 1 aliphatic rings. The van der Waals surface area contributed by atoms with E-state index in [-0.39, 0.29) is 40.6 Å². The van der Waals surface area contributed by atoms with E-state index in [0.29, 0.717) is 10.7 Å². The summed E-state index contributed by atoms with van der Waals surface area (Å²) in [5.41, 5.74) is 1.91. The van der Waals surface area contributed by atoms with Crippen LogP contribution in [-0.2, 0) is 0 Å². The van der Waals surface area contributed by atoms with Crippen molar-refractivity contribution in [3.8, 4) is 0 Å². The van der Waals surface area contributed by atoms with Crippen LogP contribution in [0.5, 0.6) is 0 Å². The van der Waals surface area contributed by atoms with Gasteiger partial charge in [-0.25, -0.2) is 0 Å². The van der Waals surface area contributed by atoms with E-state index in [1.807, 2.05) is 53.4 Å². The first-order valence-electron chi connectivity index (χ1n) is 7.32. The number of carbonyl (C=O) groups is 1. The number of Topliss-reactive ketones (excluding diaryl/α,β-unsaturated/α-hetero) is 1. The molecule has 5 heteroatoms. The number of benzene rings is 2. The minimum Gasteiger partial charge on any atom is -0.340 e. The molecule has 1 heterocycles. The Balaban J connectivity index is 0.00000192. The molecule has 2 unspecified atom stereocenters. The third-order valence-corrected chi connectivity index (χ3v) is 5.34. The molecule has 0 saturated carbocycles. The average molecular weight is 391 g/mol. The molecule has 0 radical (unpaired) electrons. The molecule has 2 aromatic rings. The summed E-state index contributed by atoms with van der Waals surface area (Å²) in [7, 11) is 0. The molecule has 1 N–H and O–H groups in total. The summed E-state index contributed by atoms with van der Waals surface area (Å²) >= 11 is 1.53. The van der Waals surface area contributed by atoms with Crippen LogP contribution in [0.4, 0.5) is 0 Å². The van der Waals surface area contributed by atoms with Crippen molar-refractivity contribution in [2.75, 3.05) is 6.54 Å². The normalized spacial score (nSPS) is 20.2. The minimum atomic E-state index is 0. The Morgan fingerprint density at radius 1 is 1.09 bits per heavy atom. The molecule has 0 bridgehead atoms. The number of hydrogen-bond acceptors (Lipinski definition) is 3. The molecule has 23 heavy (non-hydrogen) atoms. The van der Waals surface area contributed by atoms with Crippen LogP contribution in [0.25, 0.3) is 0 Å². The highest BCUT2D eigenvalue weighted by Gasteiger charge is 2.37. The van der Waals surface area contributed by atoms with E-state index in [9.17, 15) is 4.79 Å². The van der Waals surface area contributed by atoms with Crippen LogP contribution < -0.4 is 0 Å². The molecule has 1 aliphatic heterocycles. The van der Waals surface area contributed by atoms with Crippen LogP contribution in [-0.4, -0.2) is 28.4 Å². The third-order valence-electron chi connectivity index (χ3n) is 3.97. The Labute approximate surface area is 151 Å². The van der Waals surface area contributed by atoms with E-state index >= 15 is 0 Å².